The van der Waals surface area contributed by atoms with Crippen LogP contribution in [0.1, 0.15) is 18.3 Å². The maximum Gasteiger partial charge on any atom is 0.224 e. The van der Waals surface area contributed by atoms with E-state index in [1.165, 1.54) is 6.20 Å². The average Bonchev–Trinajstić information content (AvgIpc) is 2.41. The van der Waals surface area contributed by atoms with E-state index in [1.54, 1.807) is 11.9 Å². The molecule has 0 aliphatic carbocycles. The van der Waals surface area contributed by atoms with Gasteiger partial charge in [0.15, 0.2) is 11.6 Å². The van der Waals surface area contributed by atoms with E-state index in [0.717, 1.165) is 11.4 Å². The molecule has 106 valence electrons. The highest BCUT2D eigenvalue weighted by Crippen LogP contribution is 2.17. The van der Waals surface area contributed by atoms with E-state index in [9.17, 15) is 4.39 Å². The summed E-state index contributed by atoms with van der Waals surface area (Å²) in [5, 5.41) is 2.97. The Kier molecular flexibility index (Phi) is 4.45. The summed E-state index contributed by atoms with van der Waals surface area (Å²) in [5.41, 5.74) is 1.81. The highest BCUT2D eigenvalue weighted by Gasteiger charge is 2.12. The third-order valence-corrected chi connectivity index (χ3v) is 2.77. The first-order chi connectivity index (χ1) is 9.60. The Balaban J connectivity index is 2.19. The van der Waals surface area contributed by atoms with Crippen molar-refractivity contribution in [1.29, 1.82) is 0 Å². The first kappa shape index (κ1) is 14.2. The lowest BCUT2D eigenvalue weighted by molar-refractivity contribution is 0.607. The van der Waals surface area contributed by atoms with Gasteiger partial charge in [0.05, 0.1) is 18.4 Å². The van der Waals surface area contributed by atoms with Crippen molar-refractivity contribution in [1.82, 2.24) is 15.0 Å². The lowest BCUT2D eigenvalue weighted by atomic mass is 10.3. The van der Waals surface area contributed by atoms with Gasteiger partial charge in [-0.05, 0) is 26.0 Å². The number of pyridine rings is 1. The van der Waals surface area contributed by atoms with Gasteiger partial charge in [0, 0.05) is 19.3 Å². The zero-order valence-corrected chi connectivity index (χ0v) is 11.9. The molecule has 5 nitrogen and oxygen atoms in total. The summed E-state index contributed by atoms with van der Waals surface area (Å²) in [6.07, 6.45) is 1.18. The summed E-state index contributed by atoms with van der Waals surface area (Å²) in [4.78, 5) is 14.2. The van der Waals surface area contributed by atoms with E-state index in [4.69, 9.17) is 0 Å². The highest BCUT2D eigenvalue weighted by molar-refractivity contribution is 5.43. The fourth-order valence-corrected chi connectivity index (χ4v) is 1.87. The van der Waals surface area contributed by atoms with Gasteiger partial charge in [-0.25, -0.2) is 9.37 Å². The number of aromatic nitrogens is 3. The smallest absolute Gasteiger partial charge is 0.224 e. The lowest BCUT2D eigenvalue weighted by Gasteiger charge is -2.19. The van der Waals surface area contributed by atoms with Crippen LogP contribution in [-0.4, -0.2) is 28.5 Å². The molecule has 0 aromatic carbocycles. The fourth-order valence-electron chi connectivity index (χ4n) is 1.87. The summed E-state index contributed by atoms with van der Waals surface area (Å²) in [6.45, 7) is 5.04. The minimum atomic E-state index is -0.443. The van der Waals surface area contributed by atoms with E-state index in [0.29, 0.717) is 19.0 Å². The zero-order chi connectivity index (χ0) is 14.5. The second-order valence-corrected chi connectivity index (χ2v) is 4.52. The van der Waals surface area contributed by atoms with Crippen molar-refractivity contribution in [3.8, 4) is 0 Å². The molecule has 0 amide bonds. The first-order valence-corrected chi connectivity index (χ1v) is 6.50. The third-order valence-electron chi connectivity index (χ3n) is 2.77. The van der Waals surface area contributed by atoms with Crippen molar-refractivity contribution in [2.75, 3.05) is 23.8 Å². The molecule has 0 aliphatic heterocycles. The minimum absolute atomic E-state index is 0.263. The highest BCUT2D eigenvalue weighted by atomic mass is 19.1. The molecule has 0 aliphatic rings. The molecule has 1 N–H and O–H groups in total. The van der Waals surface area contributed by atoms with Crippen LogP contribution in [0.5, 0.6) is 0 Å². The molecule has 0 bridgehead atoms. The molecule has 6 heteroatoms. The normalized spacial score (nSPS) is 10.4. The summed E-state index contributed by atoms with van der Waals surface area (Å²) in [6, 6.07) is 5.78. The van der Waals surface area contributed by atoms with Crippen LogP contribution in [0.4, 0.5) is 16.2 Å². The average molecular weight is 275 g/mol. The number of hydrogen-bond acceptors (Lipinski definition) is 5. The van der Waals surface area contributed by atoms with Gasteiger partial charge in [-0.2, -0.15) is 4.98 Å². The van der Waals surface area contributed by atoms with Crippen molar-refractivity contribution in [2.45, 2.75) is 20.4 Å². The third kappa shape index (κ3) is 3.40. The molecule has 0 unspecified atom stereocenters. The molecule has 2 aromatic rings. The van der Waals surface area contributed by atoms with Crippen molar-refractivity contribution in [2.24, 2.45) is 0 Å². The molecule has 0 radical (unpaired) electrons. The Hall–Kier alpha value is -2.24. The van der Waals surface area contributed by atoms with Crippen LogP contribution < -0.4 is 10.2 Å². The molecule has 2 heterocycles. The van der Waals surface area contributed by atoms with E-state index >= 15 is 0 Å². The summed E-state index contributed by atoms with van der Waals surface area (Å²) in [5.74, 6) is 0.244. The van der Waals surface area contributed by atoms with Gasteiger partial charge < -0.3 is 10.2 Å². The predicted octanol–water partition coefficient (Wildman–Crippen LogP) is 2.39. The number of halogens is 1. The molecule has 0 spiro atoms. The minimum Gasteiger partial charge on any atom is -0.354 e. The Morgan fingerprint density at radius 3 is 2.80 bits per heavy atom. The standard InChI is InChI=1S/C14H18FN5/c1-4-16-14-17-8-12(15)13(19-14)20(3)9-11-7-5-6-10(2)18-11/h5-8H,4,9H2,1-3H3,(H,16,17,19). The first-order valence-electron chi connectivity index (χ1n) is 6.50. The largest absolute Gasteiger partial charge is 0.354 e. The molecule has 0 saturated heterocycles. The molecule has 0 saturated carbocycles. The quantitative estimate of drug-likeness (QED) is 0.908. The van der Waals surface area contributed by atoms with Gasteiger partial charge >= 0.3 is 0 Å². The second-order valence-electron chi connectivity index (χ2n) is 4.52. The SMILES string of the molecule is CCNc1ncc(F)c(N(C)Cc2cccc(C)n2)n1. The van der Waals surface area contributed by atoms with Crippen LogP contribution in [0.3, 0.4) is 0 Å². The van der Waals surface area contributed by atoms with E-state index in [-0.39, 0.29) is 5.82 Å². The fraction of sp³-hybridized carbons (Fsp3) is 0.357. The monoisotopic (exact) mass is 275 g/mol. The van der Waals surface area contributed by atoms with Crippen LogP contribution in [0.2, 0.25) is 0 Å². The van der Waals surface area contributed by atoms with Gasteiger partial charge in [-0.15, -0.1) is 0 Å². The maximum atomic E-state index is 13.8. The Morgan fingerprint density at radius 1 is 1.30 bits per heavy atom. The Labute approximate surface area is 117 Å². The number of rotatable bonds is 5. The topological polar surface area (TPSA) is 53.9 Å². The summed E-state index contributed by atoms with van der Waals surface area (Å²) in [7, 11) is 1.78. The molecular formula is C14H18FN5. The van der Waals surface area contributed by atoms with Gasteiger partial charge in [0.2, 0.25) is 5.95 Å². The van der Waals surface area contributed by atoms with Gasteiger partial charge in [0.1, 0.15) is 0 Å². The van der Waals surface area contributed by atoms with Crippen molar-refractivity contribution < 1.29 is 4.39 Å². The maximum absolute atomic E-state index is 13.8. The lowest BCUT2D eigenvalue weighted by Crippen LogP contribution is -2.21. The molecule has 2 rings (SSSR count). The number of hydrogen-bond donors (Lipinski definition) is 1. The number of nitrogens with one attached hydrogen (secondary N) is 1. The summed E-state index contributed by atoms with van der Waals surface area (Å²) >= 11 is 0. The number of anilines is 2. The van der Waals surface area contributed by atoms with Crippen molar-refractivity contribution in [3.63, 3.8) is 0 Å². The van der Waals surface area contributed by atoms with E-state index < -0.39 is 5.82 Å². The van der Waals surface area contributed by atoms with Crippen molar-refractivity contribution in [3.05, 3.63) is 41.6 Å². The van der Waals surface area contributed by atoms with Gasteiger partial charge in [-0.3, -0.25) is 4.98 Å². The second kappa shape index (κ2) is 6.27. The van der Waals surface area contributed by atoms with Gasteiger partial charge in [-0.1, -0.05) is 6.07 Å². The zero-order valence-electron chi connectivity index (χ0n) is 11.9. The van der Waals surface area contributed by atoms with E-state index in [1.807, 2.05) is 32.0 Å². The summed E-state index contributed by atoms with van der Waals surface area (Å²) < 4.78 is 13.8. The molecule has 0 atom stereocenters. The van der Waals surface area contributed by atoms with Crippen LogP contribution in [0, 0.1) is 12.7 Å². The van der Waals surface area contributed by atoms with Crippen LogP contribution >= 0.6 is 0 Å². The van der Waals surface area contributed by atoms with E-state index in [2.05, 4.69) is 20.3 Å². The van der Waals surface area contributed by atoms with Gasteiger partial charge in [0.25, 0.3) is 0 Å². The molecule has 0 fully saturated rings. The molecule has 20 heavy (non-hydrogen) atoms. The Morgan fingerprint density at radius 2 is 2.10 bits per heavy atom. The Bertz CT molecular complexity index is 588. The van der Waals surface area contributed by atoms with Crippen molar-refractivity contribution >= 4 is 11.8 Å². The molecular weight excluding hydrogens is 257 g/mol. The number of aryl methyl sites for hydroxylation is 1. The predicted molar refractivity (Wildman–Crippen MR) is 77.2 cm³/mol. The number of nitrogens with zero attached hydrogens (tertiary/aromatic N) is 4. The molecule has 2 aromatic heterocycles. The van der Waals surface area contributed by atoms with Crippen LogP contribution in [0.25, 0.3) is 0 Å². The van der Waals surface area contributed by atoms with Crippen LogP contribution in [0.15, 0.2) is 24.4 Å². The van der Waals surface area contributed by atoms with Crippen LogP contribution in [-0.2, 0) is 6.54 Å².